The predicted octanol–water partition coefficient (Wildman–Crippen LogP) is 3.42. The van der Waals surface area contributed by atoms with Crippen molar-refractivity contribution in [2.45, 2.75) is 51.8 Å². The number of fused-ring (bicyclic) bond motifs is 3. The predicted molar refractivity (Wildman–Crippen MR) is 95.7 cm³/mol. The van der Waals surface area contributed by atoms with Crippen LogP contribution in [-0.4, -0.2) is 43.2 Å². The normalized spacial score (nSPS) is 61.8. The highest BCUT2D eigenvalue weighted by atomic mass is 16.5. The Hall–Kier alpha value is -1.26. The molecule has 1 saturated heterocycles. The number of piperidine rings is 1. The summed E-state index contributed by atoms with van der Waals surface area (Å²) < 4.78 is 212. The van der Waals surface area contributed by atoms with E-state index in [9.17, 15) is 6.48 Å². The third-order valence-corrected chi connectivity index (χ3v) is 3.06. The zero-order valence-corrected chi connectivity index (χ0v) is 12.7. The largest absolute Gasteiger partial charge is 0.493 e. The lowest BCUT2D eigenvalue weighted by Crippen LogP contribution is -2.48. The topological polar surface area (TPSA) is 41.9 Å². The number of benzene rings is 1. The van der Waals surface area contributed by atoms with Crippen molar-refractivity contribution in [2.75, 3.05) is 27.1 Å². The van der Waals surface area contributed by atoms with Gasteiger partial charge in [-0.25, -0.2) is 0 Å². The summed E-state index contributed by atoms with van der Waals surface area (Å²) in [5.41, 5.74) is -7.02. The van der Waals surface area contributed by atoms with Gasteiger partial charge in [-0.15, -0.1) is 0 Å². The van der Waals surface area contributed by atoms with Gasteiger partial charge < -0.3 is 14.6 Å². The van der Waals surface area contributed by atoms with Crippen LogP contribution >= 0.6 is 0 Å². The Bertz CT molecular complexity index is 1480. The maximum absolute atomic E-state index is 11.7. The molecule has 2 heterocycles. The van der Waals surface area contributed by atoms with Gasteiger partial charge in [0.2, 0.25) is 0 Å². The molecule has 1 N–H and O–H groups in total. The molecule has 3 atom stereocenters. The van der Waals surface area contributed by atoms with E-state index >= 15 is 0 Å². The molecule has 1 fully saturated rings. The number of hydrogen-bond acceptors (Lipinski definition) is 4. The summed E-state index contributed by atoms with van der Waals surface area (Å²) in [6.07, 6.45) is -18.0. The van der Waals surface area contributed by atoms with E-state index in [2.05, 4.69) is 0 Å². The molecule has 0 aliphatic carbocycles. The Balaban J connectivity index is 2.75. The van der Waals surface area contributed by atoms with Crippen LogP contribution in [0.5, 0.6) is 11.5 Å². The first-order valence-corrected chi connectivity index (χ1v) is 6.67. The summed E-state index contributed by atoms with van der Waals surface area (Å²) in [5.74, 6) is -7.17. The van der Waals surface area contributed by atoms with Crippen molar-refractivity contribution in [3.63, 3.8) is 0 Å². The summed E-state index contributed by atoms with van der Waals surface area (Å²) in [7, 11) is -2.69. The molecule has 2 aliphatic heterocycles. The van der Waals surface area contributed by atoms with Gasteiger partial charge in [0.25, 0.3) is 0 Å². The van der Waals surface area contributed by atoms with Crippen molar-refractivity contribution in [2.24, 2.45) is 11.3 Å². The molecular weight excluding hydrogens is 302 g/mol. The van der Waals surface area contributed by atoms with Gasteiger partial charge in [0.1, 0.15) is 0 Å². The first-order chi connectivity index (χ1) is 20.7. The second-order valence-corrected chi connectivity index (χ2v) is 5.10. The average Bonchev–Trinajstić information content (AvgIpc) is 2.84. The van der Waals surface area contributed by atoms with E-state index < -0.39 is 116 Å². The number of rotatable bonds is 3. The van der Waals surface area contributed by atoms with Crippen molar-refractivity contribution in [3.05, 3.63) is 23.2 Å². The second-order valence-electron chi connectivity index (χ2n) is 5.10. The van der Waals surface area contributed by atoms with Crippen LogP contribution in [0.3, 0.4) is 0 Å². The number of nitrogens with zero attached hydrogens (tertiary/aromatic N) is 1. The zero-order chi connectivity index (χ0) is 38.5. The fourth-order valence-corrected chi connectivity index (χ4v) is 2.11. The summed E-state index contributed by atoms with van der Waals surface area (Å²) >= 11 is 0. The zero-order valence-electron chi connectivity index (χ0n) is 36.7. The summed E-state index contributed by atoms with van der Waals surface area (Å²) in [6.45, 7) is -16.9. The molecule has 0 spiro atoms. The van der Waals surface area contributed by atoms with Gasteiger partial charge in [-0.2, -0.15) is 0 Å². The Morgan fingerprint density at radius 2 is 2.29 bits per heavy atom. The fourth-order valence-electron chi connectivity index (χ4n) is 2.11. The SMILES string of the molecule is [2H]c1c(OC)c(OC([2H])([2H])[2H])c([2H])c2c1C([2H])([2H])C([2H])([2H])N1C([2H])([2H])C([2H])(C([2H])([2H])C(C)(C([2H])([2H])[2H])C([2H])([2H])[2H])C([2H])(O)C([2H])([2H])C21[2H]. The van der Waals surface area contributed by atoms with Crippen molar-refractivity contribution < 1.29 is 47.5 Å². The van der Waals surface area contributed by atoms with Crippen LogP contribution in [0.15, 0.2) is 12.1 Å². The highest BCUT2D eigenvalue weighted by molar-refractivity contribution is 5.49. The van der Waals surface area contributed by atoms with Crippen LogP contribution in [0.2, 0.25) is 0 Å². The van der Waals surface area contributed by atoms with E-state index in [-0.39, 0.29) is 6.92 Å². The van der Waals surface area contributed by atoms with Crippen LogP contribution in [0, 0.1) is 11.3 Å². The van der Waals surface area contributed by atoms with E-state index in [1.165, 1.54) is 0 Å². The standard InChI is InChI=1S/C20H31NO3/c1-20(2,3)11-14-12-21-7-6-13-8-18(23-4)19(24-5)9-15(13)16(21)10-17(14)22/h8-9,14,16-17,22H,6-7,10-12H2,1-5H3/i1D3,2D3,5D3,6D2,7D2,8D,9D,10D2,11D2,12D2,14D,16D,17D. The number of methoxy groups -OCH3 is 2. The van der Waals surface area contributed by atoms with Crippen molar-refractivity contribution in [1.82, 2.24) is 4.90 Å². The van der Waals surface area contributed by atoms with Crippen molar-refractivity contribution >= 4 is 0 Å². The highest BCUT2D eigenvalue weighted by Crippen LogP contribution is 2.44. The Morgan fingerprint density at radius 1 is 1.50 bits per heavy atom. The highest BCUT2D eigenvalue weighted by Gasteiger charge is 2.39. The monoisotopic (exact) mass is 357 g/mol. The molecular formula is C20H31NO3. The smallest absolute Gasteiger partial charge is 0.161 e. The van der Waals surface area contributed by atoms with E-state index in [0.29, 0.717) is 0 Å². The molecule has 0 bridgehead atoms. The first kappa shape index (κ1) is 4.52. The minimum absolute atomic E-state index is 0.186. The Labute approximate surface area is 179 Å². The van der Waals surface area contributed by atoms with E-state index in [1.54, 1.807) is 0 Å². The molecule has 0 radical (unpaired) electrons. The molecule has 24 heavy (non-hydrogen) atoms. The lowest BCUT2D eigenvalue weighted by molar-refractivity contribution is -0.0259. The summed E-state index contributed by atoms with van der Waals surface area (Å²) in [6, 6.07) is -7.14. The Morgan fingerprint density at radius 3 is 3.00 bits per heavy atom. The molecule has 134 valence electrons. The average molecular weight is 358 g/mol. The van der Waals surface area contributed by atoms with Gasteiger partial charge >= 0.3 is 0 Å². The molecule has 3 rings (SSSR count). The molecule has 1 aromatic rings. The minimum atomic E-state index is -4.86. The van der Waals surface area contributed by atoms with Crippen LogP contribution < -0.4 is 9.47 Å². The first-order valence-electron chi connectivity index (χ1n) is 18.7. The van der Waals surface area contributed by atoms with Gasteiger partial charge in [0.05, 0.1) is 29.8 Å². The van der Waals surface area contributed by atoms with Crippen molar-refractivity contribution in [1.29, 1.82) is 0 Å². The van der Waals surface area contributed by atoms with E-state index in [4.69, 9.17) is 41.0 Å². The maximum Gasteiger partial charge on any atom is 0.161 e. The minimum Gasteiger partial charge on any atom is -0.493 e. The van der Waals surface area contributed by atoms with Gasteiger partial charge in [-0.3, -0.25) is 4.90 Å². The van der Waals surface area contributed by atoms with Gasteiger partial charge in [0, 0.05) is 42.3 Å². The number of aliphatic hydroxyl groups is 1. The molecule has 1 aromatic carbocycles. The second kappa shape index (κ2) is 6.57. The molecule has 2 aliphatic rings. The third kappa shape index (κ3) is 3.40. The van der Waals surface area contributed by atoms with Gasteiger partial charge in [0.15, 0.2) is 11.5 Å². The van der Waals surface area contributed by atoms with Crippen LogP contribution in [-0.2, 0) is 6.37 Å². The molecule has 0 aromatic heterocycles. The molecule has 4 nitrogen and oxygen atoms in total. The molecule has 3 unspecified atom stereocenters. The maximum atomic E-state index is 11.7. The quantitative estimate of drug-likeness (QED) is 0.900. The summed E-state index contributed by atoms with van der Waals surface area (Å²) in [4.78, 5) is -0.800. The van der Waals surface area contributed by atoms with Crippen LogP contribution in [0.1, 0.15) is 83.4 Å². The molecule has 0 saturated carbocycles. The lowest BCUT2D eigenvalue weighted by atomic mass is 9.75. The lowest BCUT2D eigenvalue weighted by Gasteiger charge is -2.47. The van der Waals surface area contributed by atoms with E-state index in [1.807, 2.05) is 0 Å². The van der Waals surface area contributed by atoms with Gasteiger partial charge in [-0.1, -0.05) is 20.6 Å². The van der Waals surface area contributed by atoms with Crippen molar-refractivity contribution in [3.8, 4) is 11.5 Å². The number of ether oxygens (including phenoxy) is 2. The van der Waals surface area contributed by atoms with Crippen LogP contribution in [0.4, 0.5) is 0 Å². The van der Waals surface area contributed by atoms with E-state index in [0.717, 1.165) is 7.11 Å². The Kier molecular flexibility index (Phi) is 1.24. The van der Waals surface area contributed by atoms with Crippen LogP contribution in [0.25, 0.3) is 0 Å². The number of hydrogen-bond donors (Lipinski definition) is 1. The third-order valence-electron chi connectivity index (χ3n) is 3.06. The molecule has 0 amide bonds. The fraction of sp³-hybridized carbons (Fsp3) is 0.700. The van der Waals surface area contributed by atoms with Gasteiger partial charge in [-0.05, 0) is 53.6 Å². The summed E-state index contributed by atoms with van der Waals surface area (Å²) in [5, 5.41) is 11.7. The molecule has 4 heteroatoms.